The highest BCUT2D eigenvalue weighted by Gasteiger charge is 2.39. The maximum atomic E-state index is 13.3. The molecule has 2 aromatic carbocycles. The number of nitrogens with one attached hydrogen (secondary N) is 1. The molecule has 1 saturated heterocycles. The van der Waals surface area contributed by atoms with Crippen LogP contribution in [0.2, 0.25) is 0 Å². The first-order valence-electron chi connectivity index (χ1n) is 12.8. The first-order chi connectivity index (χ1) is 16.2. The first-order valence-corrected chi connectivity index (χ1v) is 12.8. The Hall–Kier alpha value is -2.37. The maximum Gasteiger partial charge on any atom is 0.150 e. The van der Waals surface area contributed by atoms with E-state index in [0.29, 0.717) is 42.9 Å². The van der Waals surface area contributed by atoms with Gasteiger partial charge >= 0.3 is 0 Å². The van der Waals surface area contributed by atoms with E-state index in [4.69, 9.17) is 5.73 Å². The summed E-state index contributed by atoms with van der Waals surface area (Å²) in [5.41, 5.74) is 10.6. The van der Waals surface area contributed by atoms with E-state index >= 15 is 0 Å². The Morgan fingerprint density at radius 1 is 1.24 bits per heavy atom. The van der Waals surface area contributed by atoms with Crippen molar-refractivity contribution in [2.45, 2.75) is 65.0 Å². The van der Waals surface area contributed by atoms with E-state index in [1.54, 1.807) is 12.1 Å². The summed E-state index contributed by atoms with van der Waals surface area (Å²) in [6, 6.07) is 13.7. The molecule has 2 heterocycles. The number of Topliss-reactive ketones (excluding diaryl/α,β-unsaturated/α-hetero) is 1. The summed E-state index contributed by atoms with van der Waals surface area (Å²) in [5, 5.41) is 13.1. The number of phenols is 1. The molecule has 184 valence electrons. The van der Waals surface area contributed by atoms with Crippen LogP contribution in [0.3, 0.4) is 0 Å². The van der Waals surface area contributed by atoms with Crippen molar-refractivity contribution >= 4 is 11.5 Å². The minimum absolute atomic E-state index is 0.128. The standard InChI is InChI=1S/C29H41N3O2/c1-19(2)23(14-28(34)27-13-21-8-9-26(33)12-22(21)16-31-27)18-32-11-10-29(4,20(3)17-32)24-6-5-7-25(30)15-24/h5-9,12,15,19-20,23,27,31,33H,10-11,13-14,16-18,30H2,1-4H3/t20-,23+,27+,29+/m0/s1. The topological polar surface area (TPSA) is 78.6 Å². The molecule has 5 heteroatoms. The van der Waals surface area contributed by atoms with Gasteiger partial charge in [0.2, 0.25) is 0 Å². The van der Waals surface area contributed by atoms with Crippen LogP contribution < -0.4 is 11.1 Å². The zero-order chi connectivity index (χ0) is 24.5. The van der Waals surface area contributed by atoms with E-state index in [0.717, 1.165) is 37.3 Å². The Morgan fingerprint density at radius 3 is 2.74 bits per heavy atom. The molecule has 2 aromatic rings. The van der Waals surface area contributed by atoms with Crippen molar-refractivity contribution < 1.29 is 9.90 Å². The number of anilines is 1. The van der Waals surface area contributed by atoms with Crippen LogP contribution in [0, 0.1) is 17.8 Å². The lowest BCUT2D eigenvalue weighted by molar-refractivity contribution is -0.122. The summed E-state index contributed by atoms with van der Waals surface area (Å²) in [6.07, 6.45) is 2.42. The fourth-order valence-electron chi connectivity index (χ4n) is 5.78. The number of fused-ring (bicyclic) bond motifs is 1. The minimum atomic E-state index is -0.134. The Balaban J connectivity index is 1.36. The van der Waals surface area contributed by atoms with Gasteiger partial charge in [-0.2, -0.15) is 0 Å². The molecule has 2 aliphatic heterocycles. The van der Waals surface area contributed by atoms with Crippen molar-refractivity contribution in [2.75, 3.05) is 25.4 Å². The summed E-state index contributed by atoms with van der Waals surface area (Å²) < 4.78 is 0. The third-order valence-corrected chi connectivity index (χ3v) is 8.55. The lowest BCUT2D eigenvalue weighted by atomic mass is 9.68. The largest absolute Gasteiger partial charge is 0.508 e. The Bertz CT molecular complexity index is 1020. The van der Waals surface area contributed by atoms with Crippen molar-refractivity contribution in [3.63, 3.8) is 0 Å². The Kier molecular flexibility index (Phi) is 7.34. The molecule has 1 fully saturated rings. The highest BCUT2D eigenvalue weighted by atomic mass is 16.3. The number of nitrogens with zero attached hydrogens (tertiary/aromatic N) is 1. The van der Waals surface area contributed by atoms with E-state index in [1.807, 2.05) is 12.1 Å². The van der Waals surface area contributed by atoms with Crippen molar-refractivity contribution in [2.24, 2.45) is 17.8 Å². The van der Waals surface area contributed by atoms with Crippen molar-refractivity contribution in [3.8, 4) is 5.75 Å². The number of nitrogens with two attached hydrogens (primary N) is 1. The van der Waals surface area contributed by atoms with Crippen LogP contribution in [0.5, 0.6) is 5.75 Å². The molecule has 0 radical (unpaired) electrons. The molecule has 0 aliphatic carbocycles. The fraction of sp³-hybridized carbons (Fsp3) is 0.552. The second-order valence-electron chi connectivity index (χ2n) is 11.2. The van der Waals surface area contributed by atoms with Crippen LogP contribution in [-0.2, 0) is 23.2 Å². The quantitative estimate of drug-likeness (QED) is 0.526. The molecule has 0 unspecified atom stereocenters. The second-order valence-corrected chi connectivity index (χ2v) is 11.2. The third kappa shape index (κ3) is 5.31. The number of piperidine rings is 1. The normalized spacial score (nSPS) is 26.3. The summed E-state index contributed by atoms with van der Waals surface area (Å²) in [6.45, 7) is 12.9. The van der Waals surface area contributed by atoms with Gasteiger partial charge in [-0.3, -0.25) is 4.79 Å². The zero-order valence-electron chi connectivity index (χ0n) is 21.2. The van der Waals surface area contributed by atoms with E-state index in [2.05, 4.69) is 56.1 Å². The van der Waals surface area contributed by atoms with E-state index < -0.39 is 0 Å². The van der Waals surface area contributed by atoms with Crippen LogP contribution in [0.25, 0.3) is 0 Å². The average molecular weight is 464 g/mol. The molecule has 4 atom stereocenters. The number of hydrogen-bond acceptors (Lipinski definition) is 5. The van der Waals surface area contributed by atoms with Gasteiger partial charge in [0, 0.05) is 31.7 Å². The van der Waals surface area contributed by atoms with E-state index in [-0.39, 0.29) is 17.2 Å². The SMILES string of the molecule is CC(C)[C@H](CC(=O)[C@H]1Cc2ccc(O)cc2CN1)CN1CC[C@@](C)(c2cccc(N)c2)[C@@H](C)C1. The third-order valence-electron chi connectivity index (χ3n) is 8.55. The van der Waals surface area contributed by atoms with Crippen LogP contribution in [-0.4, -0.2) is 41.5 Å². The van der Waals surface area contributed by atoms with Crippen molar-refractivity contribution in [1.29, 1.82) is 0 Å². The monoisotopic (exact) mass is 463 g/mol. The van der Waals surface area contributed by atoms with Gasteiger partial charge in [-0.25, -0.2) is 0 Å². The van der Waals surface area contributed by atoms with Gasteiger partial charge in [-0.05, 0) is 83.5 Å². The van der Waals surface area contributed by atoms with Crippen LogP contribution >= 0.6 is 0 Å². The highest BCUT2D eigenvalue weighted by Crippen LogP contribution is 2.40. The lowest BCUT2D eigenvalue weighted by Crippen LogP contribution is -2.49. The van der Waals surface area contributed by atoms with E-state index in [1.165, 1.54) is 11.1 Å². The molecule has 0 saturated carbocycles. The van der Waals surface area contributed by atoms with Crippen LogP contribution in [0.1, 0.15) is 57.2 Å². The van der Waals surface area contributed by atoms with Gasteiger partial charge in [-0.1, -0.05) is 45.9 Å². The number of benzene rings is 2. The number of hydrogen-bond donors (Lipinski definition) is 3. The fourth-order valence-corrected chi connectivity index (χ4v) is 5.78. The molecule has 0 amide bonds. The molecule has 5 nitrogen and oxygen atoms in total. The highest BCUT2D eigenvalue weighted by molar-refractivity contribution is 5.85. The number of rotatable bonds is 7. The summed E-state index contributed by atoms with van der Waals surface area (Å²) in [5.74, 6) is 1.91. The van der Waals surface area contributed by atoms with Crippen LogP contribution in [0.15, 0.2) is 42.5 Å². The van der Waals surface area contributed by atoms with Gasteiger partial charge in [0.25, 0.3) is 0 Å². The Morgan fingerprint density at radius 2 is 2.03 bits per heavy atom. The van der Waals surface area contributed by atoms with Gasteiger partial charge in [-0.15, -0.1) is 0 Å². The average Bonchev–Trinajstić information content (AvgIpc) is 2.80. The first kappa shape index (κ1) is 24.7. The molecule has 4 N–H and O–H groups in total. The predicted octanol–water partition coefficient (Wildman–Crippen LogP) is 4.52. The number of phenolic OH excluding ortho intramolecular Hbond substituents is 1. The smallest absolute Gasteiger partial charge is 0.150 e. The second kappa shape index (κ2) is 10.1. The van der Waals surface area contributed by atoms with Crippen LogP contribution in [0.4, 0.5) is 5.69 Å². The Labute approximate surface area is 204 Å². The number of nitrogen functional groups attached to an aromatic ring is 1. The number of carbonyl (C=O) groups is 1. The molecular weight excluding hydrogens is 422 g/mol. The van der Waals surface area contributed by atoms with Gasteiger partial charge < -0.3 is 21.1 Å². The molecule has 0 bridgehead atoms. The number of likely N-dealkylation sites (tertiary alicyclic amines) is 1. The summed E-state index contributed by atoms with van der Waals surface area (Å²) >= 11 is 0. The van der Waals surface area contributed by atoms with Crippen molar-refractivity contribution in [1.82, 2.24) is 10.2 Å². The van der Waals surface area contributed by atoms with Gasteiger partial charge in [0.1, 0.15) is 11.5 Å². The number of ketones is 1. The molecule has 2 aliphatic rings. The maximum absolute atomic E-state index is 13.3. The minimum Gasteiger partial charge on any atom is -0.508 e. The lowest BCUT2D eigenvalue weighted by Gasteiger charge is -2.46. The molecular formula is C29H41N3O2. The molecule has 34 heavy (non-hydrogen) atoms. The zero-order valence-corrected chi connectivity index (χ0v) is 21.2. The van der Waals surface area contributed by atoms with E-state index in [9.17, 15) is 9.90 Å². The molecule has 0 aromatic heterocycles. The number of carbonyl (C=O) groups excluding carboxylic acids is 1. The van der Waals surface area contributed by atoms with Gasteiger partial charge in [0.15, 0.2) is 0 Å². The number of aromatic hydroxyl groups is 1. The summed E-state index contributed by atoms with van der Waals surface area (Å²) in [7, 11) is 0. The summed E-state index contributed by atoms with van der Waals surface area (Å²) in [4.78, 5) is 15.8. The molecule has 0 spiro atoms. The van der Waals surface area contributed by atoms with Gasteiger partial charge in [0.05, 0.1) is 6.04 Å². The molecule has 4 rings (SSSR count). The van der Waals surface area contributed by atoms with Crippen molar-refractivity contribution in [3.05, 3.63) is 59.2 Å². The predicted molar refractivity (Wildman–Crippen MR) is 139 cm³/mol.